The molecule has 6 heterocycles. The van der Waals surface area contributed by atoms with Crippen molar-refractivity contribution in [2.24, 2.45) is 23.7 Å². The molecule has 0 aromatic carbocycles. The maximum atomic E-state index is 14.7. The summed E-state index contributed by atoms with van der Waals surface area (Å²) in [6, 6.07) is 0. The predicted molar refractivity (Wildman–Crippen MR) is 252 cm³/mol. The first-order chi connectivity index (χ1) is 32.8. The SMILES string of the molecule is CC[C@H](C)[C@H]1O[C@]2(C=C[C@@H]1C)C[C@@H]1C[C@H](C/C=C(\C)[C@@H](O[C@H]3C[C@H](OC)[C@@H](O[C@H]4C[C@H](OC)[C@@H](O)[C@H](C)O4)[C@H](C)O3)[C@@H](C)/C=C/C=C3\CO[C@@H]4[C@H](O)C(COC(=O)C=C(C)C)=C[C@@H](C(=O)O1)[C@]34O)O2. The number of aliphatic hydroxyl groups is 3. The minimum absolute atomic E-state index is 0.0818. The van der Waals surface area contributed by atoms with Crippen LogP contribution in [0.5, 0.6) is 0 Å². The smallest absolute Gasteiger partial charge is 0.331 e. The lowest BCUT2D eigenvalue weighted by molar-refractivity contribution is -0.318. The second-order valence-electron chi connectivity index (χ2n) is 20.6. The van der Waals surface area contributed by atoms with Gasteiger partial charge in [0.15, 0.2) is 18.4 Å². The van der Waals surface area contributed by atoms with Gasteiger partial charge in [-0.05, 0) is 69.8 Å². The van der Waals surface area contributed by atoms with E-state index in [1.807, 2.05) is 32.9 Å². The Bertz CT molecular complexity index is 1990. The lowest BCUT2D eigenvalue weighted by atomic mass is 9.70. The Balaban J connectivity index is 1.21. The average molecular weight is 971 g/mol. The Morgan fingerprint density at radius 1 is 0.942 bits per heavy atom. The van der Waals surface area contributed by atoms with E-state index in [0.29, 0.717) is 31.3 Å². The van der Waals surface area contributed by atoms with Crippen LogP contribution in [0.3, 0.4) is 0 Å². The molecule has 6 aliphatic heterocycles. The Morgan fingerprint density at radius 2 is 1.65 bits per heavy atom. The molecular weight excluding hydrogens is 893 g/mol. The molecule has 0 unspecified atom stereocenters. The molecule has 7 aliphatic rings. The first kappa shape index (κ1) is 53.7. The van der Waals surface area contributed by atoms with Gasteiger partial charge in [0.2, 0.25) is 0 Å². The number of hydrogen-bond acceptors (Lipinski definition) is 16. The van der Waals surface area contributed by atoms with E-state index in [0.717, 1.165) is 17.6 Å². The fourth-order valence-corrected chi connectivity index (χ4v) is 11.0. The van der Waals surface area contributed by atoms with Gasteiger partial charge >= 0.3 is 11.9 Å². The molecule has 16 heteroatoms. The van der Waals surface area contributed by atoms with Crippen molar-refractivity contribution in [3.63, 3.8) is 0 Å². The fraction of sp³-hybridized carbons (Fsp3) is 0.736. The van der Waals surface area contributed by atoms with Crippen LogP contribution in [0.1, 0.15) is 101 Å². The van der Waals surface area contributed by atoms with Gasteiger partial charge in [-0.2, -0.15) is 0 Å². The van der Waals surface area contributed by atoms with Crippen LogP contribution < -0.4 is 0 Å². The summed E-state index contributed by atoms with van der Waals surface area (Å²) < 4.78 is 69.4. The van der Waals surface area contributed by atoms with Crippen LogP contribution in [0.4, 0.5) is 0 Å². The number of fused-ring (bicyclic) bond motifs is 2. The Morgan fingerprint density at radius 3 is 2.36 bits per heavy atom. The molecule has 386 valence electrons. The Labute approximate surface area is 407 Å². The maximum Gasteiger partial charge on any atom is 0.331 e. The van der Waals surface area contributed by atoms with E-state index in [2.05, 4.69) is 32.9 Å². The van der Waals surface area contributed by atoms with Gasteiger partial charge in [0.25, 0.3) is 0 Å². The number of rotatable bonds is 11. The molecular formula is C53H78O16. The first-order valence-electron chi connectivity index (χ1n) is 25.0. The summed E-state index contributed by atoms with van der Waals surface area (Å²) >= 11 is 0. The summed E-state index contributed by atoms with van der Waals surface area (Å²) in [6.07, 6.45) is 8.21. The van der Waals surface area contributed by atoms with E-state index in [-0.39, 0.29) is 49.1 Å². The standard InChI is InChI=1S/C53H78O16/c1-12-29(4)48-32(7)18-19-52(69-48)25-38-22-37(68-52)17-16-31(6)47(66-44-24-41(60-11)49(34(9)64-44)67-43-23-40(59-10)45(55)33(8)63-43)30(5)14-13-15-36-27-62-50-46(56)35(26-61-42(54)20-28(2)3)21-39(51(57)65-38)53(36,50)58/h13-16,18-21,29-30,32-34,37-41,43-50,55-56,58H,12,17,22-27H2,1-11H3/b14-13+,31-16+,36-15+/t29-,30-,32-,33-,34-,37-,38-,39-,40-,41-,43-,44-,45-,46+,47-,48+,49-,50+,52+,53+/m0/s1. The van der Waals surface area contributed by atoms with Gasteiger partial charge < -0.3 is 67.4 Å². The molecule has 69 heavy (non-hydrogen) atoms. The van der Waals surface area contributed by atoms with Gasteiger partial charge in [-0.3, -0.25) is 4.79 Å². The molecule has 2 bridgehead atoms. The number of ether oxygens (including phenoxy) is 11. The summed E-state index contributed by atoms with van der Waals surface area (Å²) in [5, 5.41) is 35.0. The van der Waals surface area contributed by atoms with Crippen molar-refractivity contribution in [1.82, 2.24) is 0 Å². The zero-order valence-electron chi connectivity index (χ0n) is 42.3. The Kier molecular flexibility index (Phi) is 17.7. The molecule has 0 aromatic heterocycles. The summed E-state index contributed by atoms with van der Waals surface area (Å²) in [4.78, 5) is 27.3. The monoisotopic (exact) mass is 971 g/mol. The molecule has 16 nitrogen and oxygen atoms in total. The van der Waals surface area contributed by atoms with Crippen molar-refractivity contribution < 1.29 is 77.0 Å². The number of allylic oxidation sites excluding steroid dienone is 3. The highest BCUT2D eigenvalue weighted by Crippen LogP contribution is 2.47. The van der Waals surface area contributed by atoms with Gasteiger partial charge in [0.1, 0.15) is 48.6 Å². The van der Waals surface area contributed by atoms with Crippen LogP contribution in [-0.2, 0) is 61.7 Å². The van der Waals surface area contributed by atoms with Crippen LogP contribution in [-0.4, -0.2) is 152 Å². The molecule has 1 aliphatic carbocycles. The zero-order valence-corrected chi connectivity index (χ0v) is 42.3. The topological polar surface area (TPSA) is 196 Å². The number of esters is 2. The quantitative estimate of drug-likeness (QED) is 0.126. The third-order valence-electron chi connectivity index (χ3n) is 15.2. The molecule has 4 fully saturated rings. The minimum Gasteiger partial charge on any atom is -0.462 e. The Hall–Kier alpha value is -3.10. The summed E-state index contributed by atoms with van der Waals surface area (Å²) in [5.41, 5.74) is 0.247. The highest BCUT2D eigenvalue weighted by Gasteiger charge is 2.61. The number of carbonyl (C=O) groups excluding carboxylic acids is 2. The summed E-state index contributed by atoms with van der Waals surface area (Å²) in [5.74, 6) is -3.73. The van der Waals surface area contributed by atoms with E-state index in [1.54, 1.807) is 47.1 Å². The largest absolute Gasteiger partial charge is 0.462 e. The van der Waals surface area contributed by atoms with Crippen molar-refractivity contribution in [3.8, 4) is 0 Å². The predicted octanol–water partition coefficient (Wildman–Crippen LogP) is 5.87. The molecule has 0 saturated carbocycles. The van der Waals surface area contributed by atoms with Crippen molar-refractivity contribution in [1.29, 1.82) is 0 Å². The highest BCUT2D eigenvalue weighted by atomic mass is 16.7. The maximum absolute atomic E-state index is 14.7. The second kappa shape index (κ2) is 22.8. The number of aliphatic hydroxyl groups excluding tert-OH is 2. The summed E-state index contributed by atoms with van der Waals surface area (Å²) in [7, 11) is 3.20. The third-order valence-corrected chi connectivity index (χ3v) is 15.2. The van der Waals surface area contributed by atoms with E-state index in [1.165, 1.54) is 12.2 Å². The average Bonchev–Trinajstić information content (AvgIpc) is 3.65. The fourth-order valence-electron chi connectivity index (χ4n) is 11.0. The third kappa shape index (κ3) is 11.9. The summed E-state index contributed by atoms with van der Waals surface area (Å²) in [6.45, 7) is 17.3. The van der Waals surface area contributed by atoms with Gasteiger partial charge in [-0.15, -0.1) is 0 Å². The number of methoxy groups -OCH3 is 2. The molecule has 1 spiro atoms. The van der Waals surface area contributed by atoms with Crippen molar-refractivity contribution >= 4 is 11.9 Å². The molecule has 0 radical (unpaired) electrons. The highest BCUT2D eigenvalue weighted by molar-refractivity contribution is 5.83. The number of carbonyl (C=O) groups is 2. The lowest BCUT2D eigenvalue weighted by Gasteiger charge is -2.48. The van der Waals surface area contributed by atoms with Crippen molar-refractivity contribution in [3.05, 3.63) is 70.9 Å². The van der Waals surface area contributed by atoms with Gasteiger partial charge in [-0.1, -0.05) is 76.1 Å². The van der Waals surface area contributed by atoms with E-state index in [9.17, 15) is 24.9 Å². The molecule has 20 atom stereocenters. The van der Waals surface area contributed by atoms with Crippen LogP contribution in [0.25, 0.3) is 0 Å². The zero-order chi connectivity index (χ0) is 49.9. The van der Waals surface area contributed by atoms with Crippen LogP contribution in [0.2, 0.25) is 0 Å². The van der Waals surface area contributed by atoms with Gasteiger partial charge in [0, 0.05) is 57.8 Å². The number of hydrogen-bond donors (Lipinski definition) is 3. The normalized spacial score (nSPS) is 45.2. The molecule has 0 amide bonds. The van der Waals surface area contributed by atoms with E-state index >= 15 is 0 Å². The second-order valence-corrected chi connectivity index (χ2v) is 20.6. The lowest BCUT2D eigenvalue weighted by Crippen LogP contribution is -2.58. The molecule has 0 aromatic rings. The molecule has 4 saturated heterocycles. The van der Waals surface area contributed by atoms with Gasteiger partial charge in [-0.25, -0.2) is 4.79 Å². The molecule has 3 N–H and O–H groups in total. The van der Waals surface area contributed by atoms with E-state index < -0.39 is 109 Å². The van der Waals surface area contributed by atoms with Crippen LogP contribution in [0, 0.1) is 23.7 Å². The van der Waals surface area contributed by atoms with Crippen molar-refractivity contribution in [2.45, 2.75) is 198 Å². The van der Waals surface area contributed by atoms with E-state index in [4.69, 9.17) is 52.1 Å². The minimum atomic E-state index is -2.01. The van der Waals surface area contributed by atoms with Crippen LogP contribution in [0.15, 0.2) is 70.9 Å². The van der Waals surface area contributed by atoms with Gasteiger partial charge in [0.05, 0.1) is 49.3 Å². The molecule has 7 rings (SSSR count). The first-order valence-corrected chi connectivity index (χ1v) is 25.0. The van der Waals surface area contributed by atoms with Crippen molar-refractivity contribution in [2.75, 3.05) is 27.4 Å². The van der Waals surface area contributed by atoms with Crippen LogP contribution >= 0.6 is 0 Å².